The summed E-state index contributed by atoms with van der Waals surface area (Å²) in [6.07, 6.45) is 2.70. The lowest BCUT2D eigenvalue weighted by atomic mass is 9.78. The van der Waals surface area contributed by atoms with Gasteiger partial charge in [0, 0.05) is 0 Å². The van der Waals surface area contributed by atoms with Crippen LogP contribution < -0.4 is 5.32 Å². The number of pyridine rings is 1. The maximum absolute atomic E-state index is 12.7. The van der Waals surface area contributed by atoms with Gasteiger partial charge in [0.15, 0.2) is 5.76 Å². The third-order valence-corrected chi connectivity index (χ3v) is 5.25. The number of rotatable bonds is 5. The first kappa shape index (κ1) is 20.5. The highest BCUT2D eigenvalue weighted by molar-refractivity contribution is 5.97. The number of carbonyl (C=O) groups excluding carboxylic acids is 2. The number of carboxylic acid groups (broad SMARTS) is 1. The highest BCUT2D eigenvalue weighted by Crippen LogP contribution is 2.32. The van der Waals surface area contributed by atoms with Crippen molar-refractivity contribution in [3.8, 4) is 11.5 Å². The first-order chi connectivity index (χ1) is 13.8. The summed E-state index contributed by atoms with van der Waals surface area (Å²) in [5.41, 5.74) is 1.94. The maximum atomic E-state index is 12.7. The van der Waals surface area contributed by atoms with Gasteiger partial charge in [0.25, 0.3) is 0 Å². The van der Waals surface area contributed by atoms with Gasteiger partial charge in [0.2, 0.25) is 5.91 Å². The fourth-order valence-electron chi connectivity index (χ4n) is 3.67. The lowest BCUT2D eigenvalue weighted by Gasteiger charge is -2.27. The van der Waals surface area contributed by atoms with Crippen molar-refractivity contribution >= 4 is 23.5 Å². The summed E-state index contributed by atoms with van der Waals surface area (Å²) < 4.78 is 10.0. The van der Waals surface area contributed by atoms with Crippen molar-refractivity contribution in [1.29, 1.82) is 0 Å². The minimum absolute atomic E-state index is 0.188. The zero-order chi connectivity index (χ0) is 21.1. The van der Waals surface area contributed by atoms with E-state index in [1.165, 1.54) is 7.11 Å². The minimum atomic E-state index is -0.939. The monoisotopic (exact) mass is 401 g/mol. The van der Waals surface area contributed by atoms with E-state index in [9.17, 15) is 19.5 Å². The fourth-order valence-corrected chi connectivity index (χ4v) is 3.67. The summed E-state index contributed by atoms with van der Waals surface area (Å²) in [5.74, 6) is -2.88. The smallest absolute Gasteiger partial charge is 0.343 e. The number of nitrogens with one attached hydrogen (secondary N) is 1. The Bertz CT molecular complexity index is 952. The van der Waals surface area contributed by atoms with Crippen molar-refractivity contribution in [3.05, 3.63) is 29.1 Å². The Morgan fingerprint density at radius 2 is 1.83 bits per heavy atom. The Labute approximate surface area is 167 Å². The van der Waals surface area contributed by atoms with E-state index in [1.54, 1.807) is 26.0 Å². The van der Waals surface area contributed by atoms with Gasteiger partial charge in [0.05, 0.1) is 36.0 Å². The normalized spacial score (nSPS) is 18.9. The number of aryl methyl sites for hydroxylation is 2. The standard InChI is InChI=1S/C20H23N3O6/c1-10-14(22-18(24)12-6-4-5-7-13(12)19(25)26)8-9-15(21-10)17-16(20(27)28-3)11(2)23-29-17/h8-9,12-13H,4-7H2,1-3H3,(H,22,24)(H,25,26)/t12-,13-/m0/s1. The quantitative estimate of drug-likeness (QED) is 0.731. The molecule has 9 heteroatoms. The number of esters is 1. The second-order valence-corrected chi connectivity index (χ2v) is 7.12. The van der Waals surface area contributed by atoms with E-state index >= 15 is 0 Å². The molecule has 2 atom stereocenters. The summed E-state index contributed by atoms with van der Waals surface area (Å²) in [4.78, 5) is 40.5. The van der Waals surface area contributed by atoms with Crippen molar-refractivity contribution in [1.82, 2.24) is 10.1 Å². The van der Waals surface area contributed by atoms with Gasteiger partial charge in [-0.2, -0.15) is 0 Å². The van der Waals surface area contributed by atoms with Crippen LogP contribution in [0.2, 0.25) is 0 Å². The molecule has 0 saturated heterocycles. The predicted octanol–water partition coefficient (Wildman–Crippen LogP) is 2.97. The van der Waals surface area contributed by atoms with Crippen LogP contribution in [0.3, 0.4) is 0 Å². The average molecular weight is 401 g/mol. The Kier molecular flexibility index (Phi) is 5.95. The number of carbonyl (C=O) groups is 3. The molecule has 0 aliphatic heterocycles. The van der Waals surface area contributed by atoms with Crippen molar-refractivity contribution in [2.24, 2.45) is 11.8 Å². The minimum Gasteiger partial charge on any atom is -0.481 e. The predicted molar refractivity (Wildman–Crippen MR) is 102 cm³/mol. The van der Waals surface area contributed by atoms with E-state index in [-0.39, 0.29) is 17.2 Å². The van der Waals surface area contributed by atoms with Gasteiger partial charge in [-0.3, -0.25) is 9.59 Å². The van der Waals surface area contributed by atoms with Crippen molar-refractivity contribution in [2.45, 2.75) is 39.5 Å². The Hall–Kier alpha value is -3.23. The van der Waals surface area contributed by atoms with Gasteiger partial charge in [-0.25, -0.2) is 9.78 Å². The summed E-state index contributed by atoms with van der Waals surface area (Å²) in [5, 5.41) is 16.0. The van der Waals surface area contributed by atoms with E-state index in [4.69, 9.17) is 9.26 Å². The molecular formula is C20H23N3O6. The molecule has 1 amide bonds. The van der Waals surface area contributed by atoms with Crippen LogP contribution in [-0.4, -0.2) is 40.2 Å². The van der Waals surface area contributed by atoms with Crippen LogP contribution in [-0.2, 0) is 14.3 Å². The summed E-state index contributed by atoms with van der Waals surface area (Å²) >= 11 is 0. The number of aromatic nitrogens is 2. The molecule has 2 aromatic rings. The zero-order valence-electron chi connectivity index (χ0n) is 16.5. The summed E-state index contributed by atoms with van der Waals surface area (Å²) in [7, 11) is 1.27. The lowest BCUT2D eigenvalue weighted by molar-refractivity contribution is -0.147. The van der Waals surface area contributed by atoms with E-state index in [0.717, 1.165) is 12.8 Å². The lowest BCUT2D eigenvalue weighted by Crippen LogP contribution is -2.36. The van der Waals surface area contributed by atoms with Crippen LogP contribution >= 0.6 is 0 Å². The molecule has 0 spiro atoms. The third kappa shape index (κ3) is 4.13. The molecule has 1 aliphatic carbocycles. The van der Waals surface area contributed by atoms with Crippen LogP contribution in [0.5, 0.6) is 0 Å². The number of aliphatic carboxylic acids is 1. The van der Waals surface area contributed by atoms with E-state index in [2.05, 4.69) is 15.5 Å². The SMILES string of the molecule is COC(=O)c1c(C)noc1-c1ccc(NC(=O)[C@H]2CCCC[C@@H]2C(=O)O)c(C)n1. The summed E-state index contributed by atoms with van der Waals surface area (Å²) in [6.45, 7) is 3.33. The highest BCUT2D eigenvalue weighted by Gasteiger charge is 2.36. The molecule has 0 radical (unpaired) electrons. The number of ether oxygens (including phenoxy) is 1. The molecule has 1 saturated carbocycles. The molecular weight excluding hydrogens is 378 g/mol. The van der Waals surface area contributed by atoms with Gasteiger partial charge in [-0.1, -0.05) is 18.0 Å². The molecule has 2 N–H and O–H groups in total. The van der Waals surface area contributed by atoms with Gasteiger partial charge in [-0.05, 0) is 38.8 Å². The van der Waals surface area contributed by atoms with Crippen molar-refractivity contribution in [2.75, 3.05) is 12.4 Å². The van der Waals surface area contributed by atoms with Crippen LogP contribution in [0.25, 0.3) is 11.5 Å². The molecule has 2 aromatic heterocycles. The molecule has 1 fully saturated rings. The van der Waals surface area contributed by atoms with Gasteiger partial charge < -0.3 is 19.7 Å². The first-order valence-corrected chi connectivity index (χ1v) is 9.39. The number of nitrogens with zero attached hydrogens (tertiary/aromatic N) is 2. The van der Waals surface area contributed by atoms with Crippen molar-refractivity contribution < 1.29 is 28.8 Å². The Balaban J connectivity index is 1.83. The topological polar surface area (TPSA) is 132 Å². The van der Waals surface area contributed by atoms with Gasteiger partial charge in [0.1, 0.15) is 11.3 Å². The number of anilines is 1. The number of carboxylic acids is 1. The second-order valence-electron chi connectivity index (χ2n) is 7.12. The Morgan fingerprint density at radius 1 is 1.14 bits per heavy atom. The molecule has 0 bridgehead atoms. The number of hydrogen-bond donors (Lipinski definition) is 2. The molecule has 2 heterocycles. The van der Waals surface area contributed by atoms with Crippen LogP contribution in [0.1, 0.15) is 47.4 Å². The zero-order valence-corrected chi connectivity index (χ0v) is 16.5. The van der Waals surface area contributed by atoms with Crippen molar-refractivity contribution in [3.63, 3.8) is 0 Å². The first-order valence-electron chi connectivity index (χ1n) is 9.39. The largest absolute Gasteiger partial charge is 0.481 e. The molecule has 1 aliphatic rings. The van der Waals surface area contributed by atoms with E-state index in [1.807, 2.05) is 0 Å². The molecule has 9 nitrogen and oxygen atoms in total. The molecule has 29 heavy (non-hydrogen) atoms. The third-order valence-electron chi connectivity index (χ3n) is 5.25. The molecule has 154 valence electrons. The number of methoxy groups -OCH3 is 1. The Morgan fingerprint density at radius 3 is 2.45 bits per heavy atom. The van der Waals surface area contributed by atoms with Gasteiger partial charge >= 0.3 is 11.9 Å². The summed E-state index contributed by atoms with van der Waals surface area (Å²) in [6, 6.07) is 3.25. The average Bonchev–Trinajstić information content (AvgIpc) is 3.10. The highest BCUT2D eigenvalue weighted by atomic mass is 16.5. The second kappa shape index (κ2) is 8.42. The van der Waals surface area contributed by atoms with Crippen LogP contribution in [0, 0.1) is 25.7 Å². The fraction of sp³-hybridized carbons (Fsp3) is 0.450. The van der Waals surface area contributed by atoms with E-state index < -0.39 is 23.8 Å². The van der Waals surface area contributed by atoms with Crippen LogP contribution in [0.4, 0.5) is 5.69 Å². The maximum Gasteiger partial charge on any atom is 0.343 e. The van der Waals surface area contributed by atoms with Gasteiger partial charge in [-0.15, -0.1) is 0 Å². The molecule has 0 aromatic carbocycles. The van der Waals surface area contributed by atoms with Crippen LogP contribution in [0.15, 0.2) is 16.7 Å². The number of hydrogen-bond acceptors (Lipinski definition) is 7. The number of amides is 1. The molecule has 3 rings (SSSR count). The van der Waals surface area contributed by atoms with E-state index in [0.29, 0.717) is 35.6 Å². The molecule has 0 unspecified atom stereocenters.